The number of hydrogen-bond acceptors (Lipinski definition) is 4. The maximum Gasteiger partial charge on any atom is 0.173 e. The van der Waals surface area contributed by atoms with Crippen LogP contribution < -0.4 is 0 Å². The topological polar surface area (TPSA) is 52.6 Å². The predicted molar refractivity (Wildman–Crippen MR) is 125 cm³/mol. The van der Waals surface area contributed by atoms with E-state index in [-0.39, 0.29) is 18.0 Å². The minimum Gasteiger partial charge on any atom is -0.293 e. The molecule has 0 saturated heterocycles. The van der Waals surface area contributed by atoms with E-state index in [4.69, 9.17) is 9.78 Å². The number of hydrogen-bond donors (Lipinski definition) is 0. The number of benzene rings is 3. The molecule has 0 spiro atoms. The van der Waals surface area contributed by atoms with Gasteiger partial charge in [-0.2, -0.15) is 0 Å². The fourth-order valence-electron chi connectivity index (χ4n) is 3.51. The quantitative estimate of drug-likeness (QED) is 0.170. The van der Waals surface area contributed by atoms with Gasteiger partial charge in [-0.25, -0.2) is 9.78 Å². The van der Waals surface area contributed by atoms with Gasteiger partial charge in [-0.05, 0) is 33.3 Å². The summed E-state index contributed by atoms with van der Waals surface area (Å²) in [5.74, 6) is -1.41. The molecule has 0 aliphatic heterocycles. The third-order valence-electron chi connectivity index (χ3n) is 5.20. The predicted octanol–water partition coefficient (Wildman–Crippen LogP) is 6.42. The smallest absolute Gasteiger partial charge is 0.173 e. The van der Waals surface area contributed by atoms with Crippen LogP contribution in [0.4, 0.5) is 0 Å². The van der Waals surface area contributed by atoms with Crippen LogP contribution in [0.15, 0.2) is 91.0 Å². The Morgan fingerprint density at radius 1 is 0.656 bits per heavy atom. The summed E-state index contributed by atoms with van der Waals surface area (Å²) in [5, 5.41) is 0. The molecule has 0 radical (unpaired) electrons. The van der Waals surface area contributed by atoms with Gasteiger partial charge < -0.3 is 0 Å². The molecule has 3 aromatic carbocycles. The Morgan fingerprint density at radius 3 is 1.47 bits per heavy atom. The maximum absolute atomic E-state index is 13.6. The summed E-state index contributed by atoms with van der Waals surface area (Å²) in [4.78, 5) is 38.8. The van der Waals surface area contributed by atoms with Crippen LogP contribution >= 0.6 is 0 Å². The molecular weight excluding hydrogens is 400 g/mol. The Kier molecular flexibility index (Phi) is 7.39. The molecule has 0 saturated carbocycles. The van der Waals surface area contributed by atoms with Crippen LogP contribution in [-0.2, 0) is 15.4 Å². The van der Waals surface area contributed by atoms with Crippen LogP contribution in [0.5, 0.6) is 0 Å². The average molecular weight is 431 g/mol. The third-order valence-corrected chi connectivity index (χ3v) is 5.20. The van der Waals surface area contributed by atoms with Gasteiger partial charge in [0, 0.05) is 17.5 Å². The lowest BCUT2D eigenvalue weighted by Gasteiger charge is -2.34. The van der Waals surface area contributed by atoms with Gasteiger partial charge in [-0.1, -0.05) is 91.0 Å². The molecule has 0 aliphatic rings. The van der Waals surface area contributed by atoms with E-state index in [1.165, 1.54) is 0 Å². The lowest BCUT2D eigenvalue weighted by molar-refractivity contribution is -0.407. The summed E-state index contributed by atoms with van der Waals surface area (Å²) in [6.07, 6.45) is 0.133. The fourth-order valence-corrected chi connectivity index (χ4v) is 3.51. The van der Waals surface area contributed by atoms with Crippen molar-refractivity contribution in [3.05, 3.63) is 108 Å². The second kappa shape index (κ2) is 10.0. The van der Waals surface area contributed by atoms with Gasteiger partial charge in [0.05, 0.1) is 11.5 Å². The summed E-state index contributed by atoms with van der Waals surface area (Å²) in [6.45, 7) is 7.53. The van der Waals surface area contributed by atoms with E-state index in [0.29, 0.717) is 11.1 Å². The van der Waals surface area contributed by atoms with Crippen molar-refractivity contribution in [3.8, 4) is 0 Å². The number of ketones is 2. The summed E-state index contributed by atoms with van der Waals surface area (Å²) in [5.41, 5.74) is 0.241. The molecular formula is C28H30O4. The molecule has 3 rings (SSSR count). The van der Waals surface area contributed by atoms with Crippen molar-refractivity contribution >= 4 is 11.6 Å². The maximum atomic E-state index is 13.6. The first-order chi connectivity index (χ1) is 15.2. The van der Waals surface area contributed by atoms with Crippen LogP contribution in [0, 0.1) is 5.92 Å². The minimum absolute atomic E-state index is 0.133. The molecule has 0 aliphatic carbocycles. The van der Waals surface area contributed by atoms with E-state index >= 15 is 0 Å². The Balaban J connectivity index is 2.03. The van der Waals surface area contributed by atoms with Crippen molar-refractivity contribution in [3.63, 3.8) is 0 Å². The van der Waals surface area contributed by atoms with Gasteiger partial charge in [0.15, 0.2) is 11.6 Å². The van der Waals surface area contributed by atoms with Gasteiger partial charge in [0.2, 0.25) is 0 Å². The fraction of sp³-hybridized carbons (Fsp3) is 0.286. The standard InChI is InChI=1S/C28H30O4/c1-27(2,3)31-32-28(4,23-18-12-7-13-19-23)20-24(25(29)21-14-8-5-9-15-21)26(30)22-16-10-6-11-17-22/h5-19,24H,20H2,1-4H3. The zero-order valence-corrected chi connectivity index (χ0v) is 19.1. The Bertz CT molecular complexity index is 972. The first kappa shape index (κ1) is 23.6. The van der Waals surface area contributed by atoms with E-state index in [1.54, 1.807) is 48.5 Å². The molecule has 1 atom stereocenters. The van der Waals surface area contributed by atoms with E-state index in [0.717, 1.165) is 5.56 Å². The monoisotopic (exact) mass is 430 g/mol. The van der Waals surface area contributed by atoms with E-state index in [9.17, 15) is 9.59 Å². The molecule has 0 amide bonds. The zero-order valence-electron chi connectivity index (χ0n) is 19.1. The highest BCUT2D eigenvalue weighted by molar-refractivity contribution is 6.16. The summed E-state index contributed by atoms with van der Waals surface area (Å²) in [7, 11) is 0. The Labute approximate surface area is 190 Å². The van der Waals surface area contributed by atoms with Crippen molar-refractivity contribution in [1.82, 2.24) is 0 Å². The SMILES string of the molecule is CC(C)(C)OOC(C)(CC(C(=O)c1ccccc1)C(=O)c1ccccc1)c1ccccc1. The molecule has 4 nitrogen and oxygen atoms in total. The zero-order chi connectivity index (χ0) is 23.2. The van der Waals surface area contributed by atoms with Crippen LogP contribution in [0.25, 0.3) is 0 Å². The first-order valence-corrected chi connectivity index (χ1v) is 10.8. The normalized spacial score (nSPS) is 13.5. The van der Waals surface area contributed by atoms with E-state index in [2.05, 4.69) is 0 Å². The average Bonchev–Trinajstić information content (AvgIpc) is 2.82. The lowest BCUT2D eigenvalue weighted by atomic mass is 9.79. The van der Waals surface area contributed by atoms with Gasteiger partial charge in [0.1, 0.15) is 5.60 Å². The Morgan fingerprint density at radius 2 is 1.06 bits per heavy atom. The molecule has 4 heteroatoms. The number of Topliss-reactive ketones (excluding diaryl/α,β-unsaturated/α-hetero) is 2. The molecule has 0 aromatic heterocycles. The van der Waals surface area contributed by atoms with Crippen LogP contribution in [0.2, 0.25) is 0 Å². The third kappa shape index (κ3) is 6.00. The van der Waals surface area contributed by atoms with Gasteiger partial charge in [0.25, 0.3) is 0 Å². The highest BCUT2D eigenvalue weighted by atomic mass is 17.2. The van der Waals surface area contributed by atoms with Crippen molar-refractivity contribution in [2.24, 2.45) is 5.92 Å². The van der Waals surface area contributed by atoms with Crippen molar-refractivity contribution in [2.75, 3.05) is 0 Å². The second-order valence-electron chi connectivity index (χ2n) is 9.09. The van der Waals surface area contributed by atoms with Crippen molar-refractivity contribution in [1.29, 1.82) is 0 Å². The highest BCUT2D eigenvalue weighted by Crippen LogP contribution is 2.36. The minimum atomic E-state index is -1.02. The molecule has 0 bridgehead atoms. The second-order valence-corrected chi connectivity index (χ2v) is 9.09. The molecule has 0 heterocycles. The number of carbonyl (C=O) groups is 2. The molecule has 32 heavy (non-hydrogen) atoms. The largest absolute Gasteiger partial charge is 0.293 e. The number of carbonyl (C=O) groups excluding carboxylic acids is 2. The van der Waals surface area contributed by atoms with E-state index in [1.807, 2.05) is 70.2 Å². The molecule has 3 aromatic rings. The van der Waals surface area contributed by atoms with Gasteiger partial charge in [-0.3, -0.25) is 9.59 Å². The van der Waals surface area contributed by atoms with E-state index < -0.39 is 17.1 Å². The van der Waals surface area contributed by atoms with Crippen LogP contribution in [0.1, 0.15) is 60.4 Å². The number of rotatable bonds is 9. The van der Waals surface area contributed by atoms with Crippen LogP contribution in [-0.4, -0.2) is 17.2 Å². The summed E-state index contributed by atoms with van der Waals surface area (Å²) >= 11 is 0. The van der Waals surface area contributed by atoms with Gasteiger partial charge in [-0.15, -0.1) is 0 Å². The molecule has 0 fully saturated rings. The first-order valence-electron chi connectivity index (χ1n) is 10.8. The summed E-state index contributed by atoms with van der Waals surface area (Å²) < 4.78 is 0. The van der Waals surface area contributed by atoms with Crippen molar-refractivity contribution in [2.45, 2.75) is 45.3 Å². The summed E-state index contributed by atoms with van der Waals surface area (Å²) in [6, 6.07) is 27.4. The molecule has 1 unspecified atom stereocenters. The van der Waals surface area contributed by atoms with Crippen LogP contribution in [0.3, 0.4) is 0 Å². The van der Waals surface area contributed by atoms with Crippen molar-refractivity contribution < 1.29 is 19.4 Å². The molecule has 166 valence electrons. The molecule has 0 N–H and O–H groups in total. The lowest BCUT2D eigenvalue weighted by Crippen LogP contribution is -2.37. The van der Waals surface area contributed by atoms with Gasteiger partial charge >= 0.3 is 0 Å². The Hall–Kier alpha value is -3.08. The highest BCUT2D eigenvalue weighted by Gasteiger charge is 2.40.